The fraction of sp³-hybridized carbons (Fsp3) is 0.625. The number of anilines is 1. The van der Waals surface area contributed by atoms with E-state index in [2.05, 4.69) is 17.1 Å². The van der Waals surface area contributed by atoms with Gasteiger partial charge in [-0.3, -0.25) is 0 Å². The molecule has 3 rings (SSSR count). The van der Waals surface area contributed by atoms with Gasteiger partial charge < -0.3 is 15.0 Å². The highest BCUT2D eigenvalue weighted by Gasteiger charge is 2.40. The van der Waals surface area contributed by atoms with Crippen molar-refractivity contribution < 1.29 is 9.13 Å². The Balaban J connectivity index is 1.87. The van der Waals surface area contributed by atoms with Crippen molar-refractivity contribution in [3.8, 4) is 5.75 Å². The maximum Gasteiger partial charge on any atom is 0.165 e. The summed E-state index contributed by atoms with van der Waals surface area (Å²) in [6, 6.07) is 5.60. The Kier molecular flexibility index (Phi) is 3.59. The van der Waals surface area contributed by atoms with Crippen molar-refractivity contribution in [1.82, 2.24) is 5.32 Å². The van der Waals surface area contributed by atoms with Crippen LogP contribution in [-0.4, -0.2) is 31.8 Å². The Hall–Kier alpha value is -1.29. The number of benzene rings is 1. The molecule has 20 heavy (non-hydrogen) atoms. The maximum atomic E-state index is 13.6. The van der Waals surface area contributed by atoms with E-state index in [0.717, 1.165) is 18.8 Å². The molecule has 3 nitrogen and oxygen atoms in total. The predicted molar refractivity (Wildman–Crippen MR) is 79.0 cm³/mol. The van der Waals surface area contributed by atoms with E-state index >= 15 is 0 Å². The van der Waals surface area contributed by atoms with Crippen molar-refractivity contribution in [3.63, 3.8) is 0 Å². The summed E-state index contributed by atoms with van der Waals surface area (Å²) in [5.74, 6) is 0.0309. The molecule has 0 amide bonds. The first-order chi connectivity index (χ1) is 9.63. The van der Waals surface area contributed by atoms with E-state index in [4.69, 9.17) is 4.74 Å². The molecule has 1 heterocycles. The number of ether oxygens (including phenoxy) is 1. The van der Waals surface area contributed by atoms with Gasteiger partial charge in [0.05, 0.1) is 7.11 Å². The number of halogens is 1. The average Bonchev–Trinajstić information content (AvgIpc) is 2.91. The van der Waals surface area contributed by atoms with Gasteiger partial charge in [-0.15, -0.1) is 0 Å². The van der Waals surface area contributed by atoms with Crippen LogP contribution in [0.1, 0.15) is 32.6 Å². The first-order valence-electron chi connectivity index (χ1n) is 7.49. The van der Waals surface area contributed by atoms with E-state index in [9.17, 15) is 4.39 Å². The Morgan fingerprint density at radius 3 is 2.80 bits per heavy atom. The minimum absolute atomic E-state index is 0.258. The lowest BCUT2D eigenvalue weighted by molar-refractivity contribution is 0.276. The number of piperazine rings is 1. The molecule has 1 unspecified atom stereocenters. The van der Waals surface area contributed by atoms with E-state index in [-0.39, 0.29) is 11.4 Å². The zero-order valence-corrected chi connectivity index (χ0v) is 12.3. The van der Waals surface area contributed by atoms with E-state index in [0.29, 0.717) is 11.8 Å². The topological polar surface area (TPSA) is 24.5 Å². The van der Waals surface area contributed by atoms with Crippen molar-refractivity contribution >= 4 is 5.69 Å². The van der Waals surface area contributed by atoms with Crippen molar-refractivity contribution in [1.29, 1.82) is 0 Å². The third kappa shape index (κ3) is 2.37. The van der Waals surface area contributed by atoms with E-state index < -0.39 is 0 Å². The van der Waals surface area contributed by atoms with Crippen LogP contribution in [0.5, 0.6) is 5.75 Å². The van der Waals surface area contributed by atoms with Gasteiger partial charge in [0.15, 0.2) is 11.6 Å². The fourth-order valence-electron chi connectivity index (χ4n) is 3.57. The van der Waals surface area contributed by atoms with Crippen LogP contribution in [0, 0.1) is 5.82 Å². The number of methoxy groups -OCH3 is 1. The molecule has 4 heteroatoms. The molecule has 1 aliphatic heterocycles. The van der Waals surface area contributed by atoms with Crippen LogP contribution in [-0.2, 0) is 0 Å². The molecule has 0 radical (unpaired) electrons. The van der Waals surface area contributed by atoms with Gasteiger partial charge in [-0.25, -0.2) is 4.39 Å². The van der Waals surface area contributed by atoms with Crippen molar-refractivity contribution in [2.75, 3.05) is 25.1 Å². The molecule has 1 atom stereocenters. The second-order valence-corrected chi connectivity index (χ2v) is 6.16. The van der Waals surface area contributed by atoms with Gasteiger partial charge in [-0.05, 0) is 31.9 Å². The molecule has 1 spiro atoms. The normalized spacial score (nSPS) is 25.1. The summed E-state index contributed by atoms with van der Waals surface area (Å²) in [5, 5.41) is 3.74. The molecule has 110 valence electrons. The van der Waals surface area contributed by atoms with Gasteiger partial charge in [0, 0.05) is 36.4 Å². The quantitative estimate of drug-likeness (QED) is 0.900. The highest BCUT2D eigenvalue weighted by Crippen LogP contribution is 2.36. The largest absolute Gasteiger partial charge is 0.494 e. The molecule has 2 aliphatic rings. The molecular formula is C16H23FN2O. The van der Waals surface area contributed by atoms with Crippen molar-refractivity contribution in [3.05, 3.63) is 24.0 Å². The van der Waals surface area contributed by atoms with Gasteiger partial charge in [-0.2, -0.15) is 0 Å². The summed E-state index contributed by atoms with van der Waals surface area (Å²) in [5.41, 5.74) is 1.32. The number of nitrogens with one attached hydrogen (secondary N) is 1. The van der Waals surface area contributed by atoms with E-state index in [1.165, 1.54) is 38.9 Å². The first kappa shape index (κ1) is 13.7. The van der Waals surface area contributed by atoms with E-state index in [1.807, 2.05) is 12.1 Å². The van der Waals surface area contributed by atoms with Gasteiger partial charge in [0.25, 0.3) is 0 Å². The first-order valence-corrected chi connectivity index (χ1v) is 7.49. The average molecular weight is 278 g/mol. The lowest BCUT2D eigenvalue weighted by Gasteiger charge is -2.46. The Morgan fingerprint density at radius 1 is 1.35 bits per heavy atom. The number of hydrogen-bond donors (Lipinski definition) is 1. The molecule has 2 fully saturated rings. The Bertz CT molecular complexity index is 485. The standard InChI is InChI=1S/C16H23FN2O/c1-12-10-18-16(7-3-4-8-16)11-19(12)13-5-6-14(17)15(9-13)20-2/h5-6,9,12,18H,3-4,7-8,10-11H2,1-2H3. The summed E-state index contributed by atoms with van der Waals surface area (Å²) in [4.78, 5) is 2.39. The number of hydrogen-bond acceptors (Lipinski definition) is 3. The van der Waals surface area contributed by atoms with Crippen LogP contribution in [0.15, 0.2) is 18.2 Å². The summed E-state index contributed by atoms with van der Waals surface area (Å²) < 4.78 is 18.7. The summed E-state index contributed by atoms with van der Waals surface area (Å²) >= 11 is 0. The highest BCUT2D eigenvalue weighted by molar-refractivity contribution is 5.53. The molecule has 0 bridgehead atoms. The molecule has 1 aromatic carbocycles. The Labute approximate surface area is 120 Å². The van der Waals surface area contributed by atoms with Crippen molar-refractivity contribution in [2.45, 2.75) is 44.2 Å². The SMILES string of the molecule is COc1cc(N2CC3(CCCC3)NCC2C)ccc1F. The smallest absolute Gasteiger partial charge is 0.165 e. The molecule has 1 aliphatic carbocycles. The lowest BCUT2D eigenvalue weighted by Crippen LogP contribution is -2.62. The summed E-state index contributed by atoms with van der Waals surface area (Å²) in [6.07, 6.45) is 5.10. The molecule has 1 saturated carbocycles. The van der Waals surface area contributed by atoms with Gasteiger partial charge >= 0.3 is 0 Å². The molecular weight excluding hydrogens is 255 g/mol. The molecule has 1 saturated heterocycles. The number of nitrogens with zero attached hydrogens (tertiary/aromatic N) is 1. The third-order valence-corrected chi connectivity index (χ3v) is 4.80. The second-order valence-electron chi connectivity index (χ2n) is 6.16. The maximum absolute atomic E-state index is 13.6. The molecule has 0 aromatic heterocycles. The number of rotatable bonds is 2. The molecule has 1 aromatic rings. The lowest BCUT2D eigenvalue weighted by atomic mass is 9.92. The van der Waals surface area contributed by atoms with Gasteiger partial charge in [0.1, 0.15) is 0 Å². The van der Waals surface area contributed by atoms with Crippen LogP contribution >= 0.6 is 0 Å². The predicted octanol–water partition coefficient (Wildman–Crippen LogP) is 2.95. The zero-order valence-electron chi connectivity index (χ0n) is 12.3. The summed E-state index contributed by atoms with van der Waals surface area (Å²) in [6.45, 7) is 4.20. The minimum atomic E-state index is -0.297. The zero-order chi connectivity index (χ0) is 14.2. The molecule has 1 N–H and O–H groups in total. The summed E-state index contributed by atoms with van der Waals surface area (Å²) in [7, 11) is 1.52. The monoisotopic (exact) mass is 278 g/mol. The van der Waals surface area contributed by atoms with Crippen LogP contribution in [0.3, 0.4) is 0 Å². The van der Waals surface area contributed by atoms with Crippen LogP contribution in [0.2, 0.25) is 0 Å². The third-order valence-electron chi connectivity index (χ3n) is 4.80. The highest BCUT2D eigenvalue weighted by atomic mass is 19.1. The van der Waals surface area contributed by atoms with E-state index in [1.54, 1.807) is 0 Å². The van der Waals surface area contributed by atoms with Crippen molar-refractivity contribution in [2.24, 2.45) is 0 Å². The fourth-order valence-corrected chi connectivity index (χ4v) is 3.57. The van der Waals surface area contributed by atoms with Gasteiger partial charge in [0.2, 0.25) is 0 Å². The second kappa shape index (κ2) is 5.24. The van der Waals surface area contributed by atoms with Crippen LogP contribution in [0.25, 0.3) is 0 Å². The Morgan fingerprint density at radius 2 is 2.10 bits per heavy atom. The van der Waals surface area contributed by atoms with Crippen LogP contribution in [0.4, 0.5) is 10.1 Å². The van der Waals surface area contributed by atoms with Gasteiger partial charge in [-0.1, -0.05) is 12.8 Å². The minimum Gasteiger partial charge on any atom is -0.494 e. The van der Waals surface area contributed by atoms with Crippen LogP contribution < -0.4 is 15.0 Å².